The van der Waals surface area contributed by atoms with Crippen molar-refractivity contribution in [1.82, 2.24) is 4.90 Å². The molecule has 1 amide bonds. The van der Waals surface area contributed by atoms with Gasteiger partial charge >= 0.3 is 0 Å². The lowest BCUT2D eigenvalue weighted by Crippen LogP contribution is -2.38. The van der Waals surface area contributed by atoms with Gasteiger partial charge in [-0.1, -0.05) is 12.1 Å². The fourth-order valence-corrected chi connectivity index (χ4v) is 2.77. The van der Waals surface area contributed by atoms with Gasteiger partial charge in [0.25, 0.3) is 5.91 Å². The van der Waals surface area contributed by atoms with Crippen molar-refractivity contribution >= 4 is 11.7 Å². The van der Waals surface area contributed by atoms with Gasteiger partial charge in [0, 0.05) is 14.2 Å². The molecule has 0 radical (unpaired) electrons. The average Bonchev–Trinajstić information content (AvgIpc) is 2.84. The highest BCUT2D eigenvalue weighted by molar-refractivity contribution is 6.08. The first kappa shape index (κ1) is 18.0. The standard InChI is InChI=1S/C17H21NO6/c1-10(19)14-15(11-6-5-7-12(8-11)22-2)18(17(21)16(14)20)9-13(23-3)24-4/h5-8,13,15,20H,9H2,1-4H3/t15-/m1/s1. The molecule has 0 spiro atoms. The van der Waals surface area contributed by atoms with E-state index in [1.807, 2.05) is 0 Å². The Morgan fingerprint density at radius 3 is 2.50 bits per heavy atom. The maximum atomic E-state index is 12.4. The second-order valence-electron chi connectivity index (χ2n) is 5.36. The lowest BCUT2D eigenvalue weighted by Gasteiger charge is -2.29. The van der Waals surface area contributed by atoms with Crippen LogP contribution in [-0.2, 0) is 19.1 Å². The third-order valence-corrected chi connectivity index (χ3v) is 3.96. The van der Waals surface area contributed by atoms with Gasteiger partial charge < -0.3 is 24.2 Å². The second kappa shape index (κ2) is 7.46. The Labute approximate surface area is 140 Å². The van der Waals surface area contributed by atoms with Crippen LogP contribution in [0.1, 0.15) is 18.5 Å². The first-order chi connectivity index (χ1) is 11.4. The van der Waals surface area contributed by atoms with Crippen molar-refractivity contribution in [1.29, 1.82) is 0 Å². The molecular formula is C17H21NO6. The van der Waals surface area contributed by atoms with Gasteiger partial charge in [0.2, 0.25) is 0 Å². The molecule has 24 heavy (non-hydrogen) atoms. The Morgan fingerprint density at radius 2 is 1.96 bits per heavy atom. The number of ketones is 1. The zero-order chi connectivity index (χ0) is 17.9. The van der Waals surface area contributed by atoms with Gasteiger partial charge in [-0.2, -0.15) is 0 Å². The molecule has 130 valence electrons. The number of ether oxygens (including phenoxy) is 3. The minimum absolute atomic E-state index is 0.0548. The fraction of sp³-hybridized carbons (Fsp3) is 0.412. The predicted octanol–water partition coefficient (Wildman–Crippen LogP) is 1.60. The van der Waals surface area contributed by atoms with E-state index in [2.05, 4.69) is 0 Å². The molecule has 1 atom stereocenters. The van der Waals surface area contributed by atoms with E-state index in [9.17, 15) is 14.7 Å². The minimum Gasteiger partial charge on any atom is -0.503 e. The van der Waals surface area contributed by atoms with Crippen LogP contribution in [0.5, 0.6) is 5.75 Å². The van der Waals surface area contributed by atoms with Crippen LogP contribution in [-0.4, -0.2) is 55.9 Å². The number of aliphatic hydroxyl groups excluding tert-OH is 1. The van der Waals surface area contributed by atoms with Gasteiger partial charge in [0.05, 0.1) is 25.3 Å². The molecule has 1 aromatic rings. The maximum absolute atomic E-state index is 12.4. The van der Waals surface area contributed by atoms with Gasteiger partial charge in [0.1, 0.15) is 5.75 Å². The molecule has 0 bridgehead atoms. The van der Waals surface area contributed by atoms with Gasteiger partial charge in [-0.15, -0.1) is 0 Å². The van der Waals surface area contributed by atoms with Crippen LogP contribution in [0.3, 0.4) is 0 Å². The average molecular weight is 335 g/mol. The van der Waals surface area contributed by atoms with E-state index < -0.39 is 24.0 Å². The minimum atomic E-state index is -0.724. The Bertz CT molecular complexity index is 665. The summed E-state index contributed by atoms with van der Waals surface area (Å²) in [6.45, 7) is 1.38. The number of carbonyl (C=O) groups excluding carboxylic acids is 2. The summed E-state index contributed by atoms with van der Waals surface area (Å²) in [7, 11) is 4.44. The summed E-state index contributed by atoms with van der Waals surface area (Å²) >= 11 is 0. The van der Waals surface area contributed by atoms with Gasteiger partial charge in [-0.3, -0.25) is 9.59 Å². The number of hydrogen-bond acceptors (Lipinski definition) is 6. The number of benzene rings is 1. The lowest BCUT2D eigenvalue weighted by atomic mass is 9.96. The first-order valence-electron chi connectivity index (χ1n) is 7.39. The maximum Gasteiger partial charge on any atom is 0.290 e. The summed E-state index contributed by atoms with van der Waals surface area (Å²) < 4.78 is 15.5. The van der Waals surface area contributed by atoms with Gasteiger partial charge in [-0.05, 0) is 24.6 Å². The third kappa shape index (κ3) is 3.27. The highest BCUT2D eigenvalue weighted by Gasteiger charge is 2.43. The molecule has 0 fully saturated rings. The molecular weight excluding hydrogens is 314 g/mol. The number of aliphatic hydroxyl groups is 1. The molecule has 2 rings (SSSR count). The zero-order valence-corrected chi connectivity index (χ0v) is 14.1. The van der Waals surface area contributed by atoms with E-state index in [-0.39, 0.29) is 17.9 Å². The number of amides is 1. The summed E-state index contributed by atoms with van der Waals surface area (Å²) in [6.07, 6.45) is -0.679. The number of carbonyl (C=O) groups is 2. The van der Waals surface area contributed by atoms with E-state index in [4.69, 9.17) is 14.2 Å². The summed E-state index contributed by atoms with van der Waals surface area (Å²) in [5.41, 5.74) is 0.710. The van der Waals surface area contributed by atoms with Crippen LogP contribution in [0.25, 0.3) is 0 Å². The third-order valence-electron chi connectivity index (χ3n) is 3.96. The highest BCUT2D eigenvalue weighted by atomic mass is 16.7. The molecule has 1 aliphatic rings. The monoisotopic (exact) mass is 335 g/mol. The lowest BCUT2D eigenvalue weighted by molar-refractivity contribution is -0.144. The predicted molar refractivity (Wildman–Crippen MR) is 85.6 cm³/mol. The number of Topliss-reactive ketones (excluding diaryl/α,β-unsaturated/α-hetero) is 1. The van der Waals surface area contributed by atoms with Crippen molar-refractivity contribution < 1.29 is 28.9 Å². The number of hydrogen-bond donors (Lipinski definition) is 1. The summed E-state index contributed by atoms with van der Waals surface area (Å²) in [6, 6.07) is 6.28. The van der Waals surface area contributed by atoms with Crippen molar-refractivity contribution in [3.8, 4) is 5.75 Å². The molecule has 1 aliphatic heterocycles. The van der Waals surface area contributed by atoms with Crippen LogP contribution in [0.15, 0.2) is 35.6 Å². The Morgan fingerprint density at radius 1 is 1.29 bits per heavy atom. The summed E-state index contributed by atoms with van der Waals surface area (Å²) in [5.74, 6) is -0.958. The Balaban J connectivity index is 2.49. The molecule has 0 aliphatic carbocycles. The van der Waals surface area contributed by atoms with Crippen molar-refractivity contribution in [3.05, 3.63) is 41.2 Å². The smallest absolute Gasteiger partial charge is 0.290 e. The van der Waals surface area contributed by atoms with Crippen molar-refractivity contribution in [3.63, 3.8) is 0 Å². The number of methoxy groups -OCH3 is 3. The second-order valence-corrected chi connectivity index (χ2v) is 5.36. The SMILES string of the molecule is COc1cccc([C@@H]2C(C(C)=O)=C(O)C(=O)N2CC(OC)OC)c1. The molecule has 7 heteroatoms. The van der Waals surface area contributed by atoms with Crippen LogP contribution >= 0.6 is 0 Å². The molecule has 0 unspecified atom stereocenters. The van der Waals surface area contributed by atoms with E-state index >= 15 is 0 Å². The molecule has 0 saturated heterocycles. The molecule has 0 aromatic heterocycles. The van der Waals surface area contributed by atoms with Crippen molar-refractivity contribution in [2.45, 2.75) is 19.3 Å². The molecule has 1 aromatic carbocycles. The molecule has 7 nitrogen and oxygen atoms in total. The largest absolute Gasteiger partial charge is 0.503 e. The number of nitrogens with zero attached hydrogens (tertiary/aromatic N) is 1. The Hall–Kier alpha value is -2.38. The van der Waals surface area contributed by atoms with Crippen LogP contribution in [0.2, 0.25) is 0 Å². The van der Waals surface area contributed by atoms with Crippen molar-refractivity contribution in [2.24, 2.45) is 0 Å². The molecule has 1 N–H and O–H groups in total. The quantitative estimate of drug-likeness (QED) is 0.762. The topological polar surface area (TPSA) is 85.3 Å². The normalized spacial score (nSPS) is 17.8. The van der Waals surface area contributed by atoms with E-state index in [1.54, 1.807) is 24.3 Å². The van der Waals surface area contributed by atoms with E-state index in [0.717, 1.165) is 0 Å². The van der Waals surface area contributed by atoms with E-state index in [1.165, 1.54) is 33.2 Å². The van der Waals surface area contributed by atoms with Crippen LogP contribution < -0.4 is 4.74 Å². The molecule has 1 heterocycles. The van der Waals surface area contributed by atoms with Crippen molar-refractivity contribution in [2.75, 3.05) is 27.9 Å². The summed E-state index contributed by atoms with van der Waals surface area (Å²) in [5, 5.41) is 10.2. The number of rotatable bonds is 7. The van der Waals surface area contributed by atoms with Crippen LogP contribution in [0.4, 0.5) is 0 Å². The fourth-order valence-electron chi connectivity index (χ4n) is 2.77. The summed E-state index contributed by atoms with van der Waals surface area (Å²) in [4.78, 5) is 25.8. The highest BCUT2D eigenvalue weighted by Crippen LogP contribution is 2.38. The van der Waals surface area contributed by atoms with E-state index in [0.29, 0.717) is 11.3 Å². The van der Waals surface area contributed by atoms with Gasteiger partial charge in [-0.25, -0.2) is 0 Å². The first-order valence-corrected chi connectivity index (χ1v) is 7.39. The van der Waals surface area contributed by atoms with Crippen LogP contribution in [0, 0.1) is 0 Å². The van der Waals surface area contributed by atoms with Gasteiger partial charge in [0.15, 0.2) is 17.8 Å². The Kier molecular flexibility index (Phi) is 5.58. The zero-order valence-electron chi connectivity index (χ0n) is 14.1. The molecule has 0 saturated carbocycles.